The van der Waals surface area contributed by atoms with Crippen molar-refractivity contribution >= 4 is 29.0 Å². The molecular weight excluding hydrogens is 293 g/mol. The Balaban J connectivity index is 2.30. The molecule has 106 valence electrons. The maximum Gasteiger partial charge on any atom is 0.134 e. The highest BCUT2D eigenvalue weighted by atomic mass is 35.5. The number of aryl methyl sites for hydroxylation is 1. The normalized spacial score (nSPS) is 12.2. The summed E-state index contributed by atoms with van der Waals surface area (Å²) < 4.78 is 0. The van der Waals surface area contributed by atoms with E-state index in [-0.39, 0.29) is 6.04 Å². The molecule has 0 radical (unpaired) electrons. The second kappa shape index (κ2) is 6.42. The highest BCUT2D eigenvalue weighted by molar-refractivity contribution is 6.30. The maximum absolute atomic E-state index is 6.05. The largest absolute Gasteiger partial charge is 0.353 e. The van der Waals surface area contributed by atoms with Crippen LogP contribution in [0.1, 0.15) is 31.3 Å². The van der Waals surface area contributed by atoms with Crippen LogP contribution in [0.15, 0.2) is 30.3 Å². The van der Waals surface area contributed by atoms with Crippen LogP contribution in [-0.2, 0) is 6.42 Å². The molecule has 1 aromatic heterocycles. The van der Waals surface area contributed by atoms with Crippen molar-refractivity contribution in [1.29, 1.82) is 0 Å². The molecule has 0 aliphatic carbocycles. The third-order valence-electron chi connectivity index (χ3n) is 3.32. The molecule has 0 saturated heterocycles. The summed E-state index contributed by atoms with van der Waals surface area (Å²) in [5.74, 6) is 1.56. The SMILES string of the molecule is CCc1nc(Cl)cc(N(C)C(C)c2cccc(Cl)c2)n1. The standard InChI is InChI=1S/C15H17Cl2N3/c1-4-14-18-13(17)9-15(19-14)20(3)10(2)11-6-5-7-12(16)8-11/h5-10H,4H2,1-3H3. The molecule has 0 saturated carbocycles. The molecule has 2 aromatic rings. The summed E-state index contributed by atoms with van der Waals surface area (Å²) in [4.78, 5) is 10.8. The average Bonchev–Trinajstić information content (AvgIpc) is 2.45. The fourth-order valence-corrected chi connectivity index (χ4v) is 2.37. The van der Waals surface area contributed by atoms with E-state index in [1.165, 1.54) is 0 Å². The molecule has 2 rings (SSSR count). The Morgan fingerprint density at radius 3 is 2.60 bits per heavy atom. The number of aromatic nitrogens is 2. The third kappa shape index (κ3) is 3.41. The van der Waals surface area contributed by atoms with Crippen LogP contribution >= 0.6 is 23.2 Å². The molecule has 0 aliphatic rings. The first-order valence-corrected chi connectivity index (χ1v) is 7.28. The summed E-state index contributed by atoms with van der Waals surface area (Å²) in [6, 6.07) is 9.76. The van der Waals surface area contributed by atoms with Crippen molar-refractivity contribution in [3.8, 4) is 0 Å². The van der Waals surface area contributed by atoms with Gasteiger partial charge in [0, 0.05) is 24.6 Å². The minimum absolute atomic E-state index is 0.143. The number of hydrogen-bond donors (Lipinski definition) is 0. The summed E-state index contributed by atoms with van der Waals surface area (Å²) in [5, 5.41) is 1.20. The molecule has 1 atom stereocenters. The van der Waals surface area contributed by atoms with Gasteiger partial charge in [-0.3, -0.25) is 0 Å². The van der Waals surface area contributed by atoms with E-state index in [2.05, 4.69) is 27.9 Å². The molecule has 0 spiro atoms. The minimum atomic E-state index is 0.143. The van der Waals surface area contributed by atoms with Crippen molar-refractivity contribution in [3.05, 3.63) is 51.9 Å². The Labute approximate surface area is 129 Å². The zero-order chi connectivity index (χ0) is 14.7. The summed E-state index contributed by atoms with van der Waals surface area (Å²) in [7, 11) is 1.99. The monoisotopic (exact) mass is 309 g/mol. The molecule has 0 N–H and O–H groups in total. The van der Waals surface area contributed by atoms with Gasteiger partial charge in [0.15, 0.2) is 0 Å². The third-order valence-corrected chi connectivity index (χ3v) is 3.75. The van der Waals surface area contributed by atoms with Gasteiger partial charge in [0.1, 0.15) is 16.8 Å². The maximum atomic E-state index is 6.05. The predicted molar refractivity (Wildman–Crippen MR) is 84.7 cm³/mol. The van der Waals surface area contributed by atoms with Crippen molar-refractivity contribution in [1.82, 2.24) is 9.97 Å². The van der Waals surface area contributed by atoms with Crippen molar-refractivity contribution in [2.45, 2.75) is 26.3 Å². The lowest BCUT2D eigenvalue weighted by Crippen LogP contribution is -2.23. The van der Waals surface area contributed by atoms with Crippen molar-refractivity contribution in [2.75, 3.05) is 11.9 Å². The summed E-state index contributed by atoms with van der Waals surface area (Å²) in [6.07, 6.45) is 0.757. The van der Waals surface area contributed by atoms with E-state index < -0.39 is 0 Å². The molecule has 1 unspecified atom stereocenters. The van der Waals surface area contributed by atoms with Crippen molar-refractivity contribution < 1.29 is 0 Å². The number of benzene rings is 1. The van der Waals surface area contributed by atoms with Crippen molar-refractivity contribution in [3.63, 3.8) is 0 Å². The molecular formula is C15H17Cl2N3. The fourth-order valence-electron chi connectivity index (χ4n) is 1.98. The molecule has 20 heavy (non-hydrogen) atoms. The minimum Gasteiger partial charge on any atom is -0.353 e. The zero-order valence-corrected chi connectivity index (χ0v) is 13.3. The molecule has 0 bridgehead atoms. The van der Waals surface area contributed by atoms with Gasteiger partial charge in [-0.25, -0.2) is 9.97 Å². The Hall–Kier alpha value is -1.32. The molecule has 1 heterocycles. The summed E-state index contributed by atoms with van der Waals surface area (Å²) in [6.45, 7) is 4.11. The number of nitrogens with zero attached hydrogens (tertiary/aromatic N) is 3. The van der Waals surface area contributed by atoms with Gasteiger partial charge in [-0.15, -0.1) is 0 Å². The molecule has 0 aliphatic heterocycles. The number of halogens is 2. The van der Waals surface area contributed by atoms with E-state index in [1.807, 2.05) is 32.2 Å². The number of rotatable bonds is 4. The first-order valence-electron chi connectivity index (χ1n) is 6.53. The average molecular weight is 310 g/mol. The van der Waals surface area contributed by atoms with Crippen LogP contribution in [0, 0.1) is 0 Å². The second-order valence-corrected chi connectivity index (χ2v) is 5.48. The molecule has 1 aromatic carbocycles. The van der Waals surface area contributed by atoms with Gasteiger partial charge in [0.25, 0.3) is 0 Å². The predicted octanol–water partition coefficient (Wildman–Crippen LogP) is 4.54. The van der Waals surface area contributed by atoms with Crippen LogP contribution in [0.25, 0.3) is 0 Å². The number of anilines is 1. The fraction of sp³-hybridized carbons (Fsp3) is 0.333. The molecule has 3 nitrogen and oxygen atoms in total. The Morgan fingerprint density at radius 1 is 1.20 bits per heavy atom. The lowest BCUT2D eigenvalue weighted by molar-refractivity contribution is 0.722. The smallest absolute Gasteiger partial charge is 0.134 e. The van der Waals surface area contributed by atoms with Gasteiger partial charge in [-0.1, -0.05) is 42.3 Å². The molecule has 0 fully saturated rings. The zero-order valence-electron chi connectivity index (χ0n) is 11.8. The van der Waals surface area contributed by atoms with Crippen LogP contribution < -0.4 is 4.90 Å². The van der Waals surface area contributed by atoms with Gasteiger partial charge in [0.2, 0.25) is 0 Å². The van der Waals surface area contributed by atoms with E-state index >= 15 is 0 Å². The Morgan fingerprint density at radius 2 is 1.95 bits per heavy atom. The van der Waals surface area contributed by atoms with E-state index in [4.69, 9.17) is 23.2 Å². The first kappa shape index (κ1) is 15.1. The summed E-state index contributed by atoms with van der Waals surface area (Å²) in [5.41, 5.74) is 1.13. The van der Waals surface area contributed by atoms with E-state index in [1.54, 1.807) is 6.07 Å². The van der Waals surface area contributed by atoms with Crippen LogP contribution in [-0.4, -0.2) is 17.0 Å². The van der Waals surface area contributed by atoms with Gasteiger partial charge in [-0.05, 0) is 24.6 Å². The number of hydrogen-bond acceptors (Lipinski definition) is 3. The van der Waals surface area contributed by atoms with Gasteiger partial charge >= 0.3 is 0 Å². The van der Waals surface area contributed by atoms with E-state index in [0.717, 1.165) is 28.6 Å². The first-order chi connectivity index (χ1) is 9.51. The lowest BCUT2D eigenvalue weighted by atomic mass is 10.1. The van der Waals surface area contributed by atoms with Gasteiger partial charge < -0.3 is 4.90 Å². The van der Waals surface area contributed by atoms with E-state index in [9.17, 15) is 0 Å². The van der Waals surface area contributed by atoms with Gasteiger partial charge in [0.05, 0.1) is 6.04 Å². The Kier molecular flexibility index (Phi) is 4.84. The van der Waals surface area contributed by atoms with Crippen LogP contribution in [0.2, 0.25) is 10.2 Å². The second-order valence-electron chi connectivity index (χ2n) is 4.66. The van der Waals surface area contributed by atoms with Crippen LogP contribution in [0.5, 0.6) is 0 Å². The van der Waals surface area contributed by atoms with Crippen LogP contribution in [0.4, 0.5) is 5.82 Å². The highest BCUT2D eigenvalue weighted by Crippen LogP contribution is 2.26. The molecule has 0 amide bonds. The Bertz CT molecular complexity index is 601. The topological polar surface area (TPSA) is 29.0 Å². The van der Waals surface area contributed by atoms with Gasteiger partial charge in [-0.2, -0.15) is 0 Å². The van der Waals surface area contributed by atoms with Crippen molar-refractivity contribution in [2.24, 2.45) is 0 Å². The van der Waals surface area contributed by atoms with Crippen LogP contribution in [0.3, 0.4) is 0 Å². The quantitative estimate of drug-likeness (QED) is 0.776. The lowest BCUT2D eigenvalue weighted by Gasteiger charge is -2.26. The summed E-state index contributed by atoms with van der Waals surface area (Å²) >= 11 is 12.1. The molecule has 5 heteroatoms. The van der Waals surface area contributed by atoms with E-state index in [0.29, 0.717) is 5.15 Å². The highest BCUT2D eigenvalue weighted by Gasteiger charge is 2.15.